The van der Waals surface area contributed by atoms with Crippen LogP contribution in [0.5, 0.6) is 0 Å². The Morgan fingerprint density at radius 1 is 1.14 bits per heavy atom. The molecule has 0 bridgehead atoms. The maximum Gasteiger partial charge on any atom is 0.410 e. The van der Waals surface area contributed by atoms with E-state index in [4.69, 9.17) is 4.74 Å². The first-order chi connectivity index (χ1) is 18.1. The van der Waals surface area contributed by atoms with Crippen LogP contribution in [0.15, 0.2) is 83.9 Å². The normalized spacial score (nSPS) is 24.2. The first-order valence-corrected chi connectivity index (χ1v) is 12.7. The average Bonchev–Trinajstić information content (AvgIpc) is 3.19. The van der Waals surface area contributed by atoms with E-state index in [-0.39, 0.29) is 25.1 Å². The minimum absolute atomic E-state index is 0.0471. The molecule has 194 valence electrons. The molecule has 1 fully saturated rings. The minimum Gasteiger partial charge on any atom is -0.445 e. The predicted molar refractivity (Wildman–Crippen MR) is 143 cm³/mol. The van der Waals surface area contributed by atoms with Gasteiger partial charge in [0.2, 0.25) is 5.91 Å². The molecule has 1 aromatic heterocycles. The van der Waals surface area contributed by atoms with Crippen molar-refractivity contribution in [1.29, 1.82) is 0 Å². The predicted octanol–water partition coefficient (Wildman–Crippen LogP) is 3.11. The first-order valence-electron chi connectivity index (χ1n) is 12.7. The van der Waals surface area contributed by atoms with E-state index in [0.717, 1.165) is 29.0 Å². The fourth-order valence-corrected chi connectivity index (χ4v) is 4.12. The molecule has 2 aromatic rings. The maximum atomic E-state index is 13.3. The molecule has 4 rings (SSSR count). The fraction of sp³-hybridized carbons (Fsp3) is 0.357. The molecule has 3 N–H and O–H groups in total. The van der Waals surface area contributed by atoms with E-state index >= 15 is 0 Å². The molecule has 1 saturated heterocycles. The molecule has 2 aliphatic heterocycles. The number of benzene rings is 1. The SMILES string of the molecule is CC1/C=C\C/C(NC(=O)C2CN(C(=O)OCc3ccccc3)CCCN2)=C\C/C(c2ccncc2)=N\N1. The van der Waals surface area contributed by atoms with E-state index in [9.17, 15) is 9.59 Å². The number of aromatic nitrogens is 1. The zero-order chi connectivity index (χ0) is 25.9. The summed E-state index contributed by atoms with van der Waals surface area (Å²) in [5, 5.41) is 10.9. The molecule has 9 heteroatoms. The van der Waals surface area contributed by atoms with Crippen LogP contribution in [0.3, 0.4) is 0 Å². The molecular formula is C28H34N6O3. The number of pyridine rings is 1. The summed E-state index contributed by atoms with van der Waals surface area (Å²) in [5.41, 5.74) is 6.70. The Bertz CT molecular complexity index is 1130. The molecule has 2 amide bonds. The van der Waals surface area contributed by atoms with Crippen molar-refractivity contribution in [2.75, 3.05) is 19.6 Å². The van der Waals surface area contributed by atoms with Crippen LogP contribution in [0.1, 0.15) is 37.3 Å². The van der Waals surface area contributed by atoms with Crippen molar-refractivity contribution in [1.82, 2.24) is 25.9 Å². The van der Waals surface area contributed by atoms with Gasteiger partial charge < -0.3 is 25.7 Å². The molecule has 0 radical (unpaired) electrons. The maximum absolute atomic E-state index is 13.3. The van der Waals surface area contributed by atoms with Gasteiger partial charge >= 0.3 is 6.09 Å². The molecular weight excluding hydrogens is 468 g/mol. The van der Waals surface area contributed by atoms with Gasteiger partial charge in [0.05, 0.1) is 11.8 Å². The van der Waals surface area contributed by atoms with E-state index in [1.807, 2.05) is 67.6 Å². The van der Waals surface area contributed by atoms with Crippen molar-refractivity contribution < 1.29 is 14.3 Å². The summed E-state index contributed by atoms with van der Waals surface area (Å²) in [5.74, 6) is -0.173. The van der Waals surface area contributed by atoms with Crippen LogP contribution in [0.4, 0.5) is 4.79 Å². The van der Waals surface area contributed by atoms with Crippen LogP contribution in [-0.4, -0.2) is 59.3 Å². The Balaban J connectivity index is 1.40. The number of allylic oxidation sites excluding steroid dienone is 2. The lowest BCUT2D eigenvalue weighted by Crippen LogP contribution is -2.49. The van der Waals surface area contributed by atoms with Gasteiger partial charge in [-0.2, -0.15) is 5.10 Å². The number of hydrogen-bond donors (Lipinski definition) is 3. The molecule has 0 spiro atoms. The first kappa shape index (κ1) is 26.1. The molecule has 2 atom stereocenters. The van der Waals surface area contributed by atoms with Crippen molar-refractivity contribution in [3.05, 3.63) is 89.9 Å². The second-order valence-electron chi connectivity index (χ2n) is 9.11. The summed E-state index contributed by atoms with van der Waals surface area (Å²) in [4.78, 5) is 31.7. The van der Waals surface area contributed by atoms with Crippen molar-refractivity contribution >= 4 is 17.7 Å². The number of nitrogens with zero attached hydrogens (tertiary/aromatic N) is 3. The van der Waals surface area contributed by atoms with Crippen LogP contribution < -0.4 is 16.1 Å². The summed E-state index contributed by atoms with van der Waals surface area (Å²) in [6, 6.07) is 12.9. The molecule has 0 aliphatic carbocycles. The summed E-state index contributed by atoms with van der Waals surface area (Å²) in [6.07, 6.45) is 11.0. The Labute approximate surface area is 217 Å². The zero-order valence-electron chi connectivity index (χ0n) is 21.1. The van der Waals surface area contributed by atoms with Gasteiger partial charge in [0, 0.05) is 49.6 Å². The number of carbonyl (C=O) groups excluding carboxylic acids is 2. The van der Waals surface area contributed by atoms with Crippen molar-refractivity contribution in [2.24, 2.45) is 5.10 Å². The van der Waals surface area contributed by atoms with E-state index in [2.05, 4.69) is 26.1 Å². The molecule has 9 nitrogen and oxygen atoms in total. The lowest BCUT2D eigenvalue weighted by Gasteiger charge is -2.24. The highest BCUT2D eigenvalue weighted by atomic mass is 16.6. The van der Waals surface area contributed by atoms with Crippen molar-refractivity contribution in [3.63, 3.8) is 0 Å². The highest BCUT2D eigenvalue weighted by Gasteiger charge is 2.27. The quantitative estimate of drug-likeness (QED) is 0.543. The number of hydrogen-bond acceptors (Lipinski definition) is 7. The van der Waals surface area contributed by atoms with Crippen LogP contribution in [-0.2, 0) is 16.1 Å². The lowest BCUT2D eigenvalue weighted by molar-refractivity contribution is -0.122. The van der Waals surface area contributed by atoms with Gasteiger partial charge in [-0.05, 0) is 37.6 Å². The number of carbonyl (C=O) groups is 2. The average molecular weight is 503 g/mol. The van der Waals surface area contributed by atoms with Crippen LogP contribution in [0.2, 0.25) is 0 Å². The van der Waals surface area contributed by atoms with Crippen LogP contribution in [0, 0.1) is 0 Å². The van der Waals surface area contributed by atoms with Gasteiger partial charge in [-0.3, -0.25) is 9.78 Å². The van der Waals surface area contributed by atoms with Crippen LogP contribution >= 0.6 is 0 Å². The highest BCUT2D eigenvalue weighted by Crippen LogP contribution is 2.11. The van der Waals surface area contributed by atoms with Gasteiger partial charge in [0.25, 0.3) is 0 Å². The largest absolute Gasteiger partial charge is 0.445 e. The van der Waals surface area contributed by atoms with E-state index < -0.39 is 12.1 Å². The molecule has 37 heavy (non-hydrogen) atoms. The second kappa shape index (κ2) is 13.4. The third-order valence-corrected chi connectivity index (χ3v) is 6.18. The fourth-order valence-electron chi connectivity index (χ4n) is 4.12. The molecule has 2 unspecified atom stereocenters. The Morgan fingerprint density at radius 3 is 2.76 bits per heavy atom. The molecule has 2 aliphatic rings. The number of hydrazone groups is 1. The van der Waals surface area contributed by atoms with Crippen molar-refractivity contribution in [2.45, 2.75) is 44.9 Å². The highest BCUT2D eigenvalue weighted by molar-refractivity contribution is 6.01. The van der Waals surface area contributed by atoms with E-state index in [1.165, 1.54) is 0 Å². The summed E-state index contributed by atoms with van der Waals surface area (Å²) in [6.45, 7) is 3.64. The van der Waals surface area contributed by atoms with Gasteiger partial charge in [0.1, 0.15) is 12.6 Å². The van der Waals surface area contributed by atoms with Gasteiger partial charge in [-0.1, -0.05) is 48.6 Å². The Hall–Kier alpha value is -3.98. The number of nitrogens with one attached hydrogen (secondary N) is 3. The van der Waals surface area contributed by atoms with Gasteiger partial charge in [-0.25, -0.2) is 4.79 Å². The molecule has 3 heterocycles. The summed E-state index contributed by atoms with van der Waals surface area (Å²) < 4.78 is 5.50. The Kier molecular flexibility index (Phi) is 9.42. The summed E-state index contributed by atoms with van der Waals surface area (Å²) in [7, 11) is 0. The van der Waals surface area contributed by atoms with Crippen molar-refractivity contribution in [3.8, 4) is 0 Å². The molecule has 1 aromatic carbocycles. The number of ether oxygens (including phenoxy) is 1. The van der Waals surface area contributed by atoms with Gasteiger partial charge in [-0.15, -0.1) is 0 Å². The monoisotopic (exact) mass is 502 g/mol. The smallest absolute Gasteiger partial charge is 0.410 e. The third kappa shape index (κ3) is 8.01. The van der Waals surface area contributed by atoms with E-state index in [0.29, 0.717) is 25.9 Å². The second-order valence-corrected chi connectivity index (χ2v) is 9.11. The van der Waals surface area contributed by atoms with E-state index in [1.54, 1.807) is 17.3 Å². The number of rotatable bonds is 5. The topological polar surface area (TPSA) is 108 Å². The third-order valence-electron chi connectivity index (χ3n) is 6.18. The Morgan fingerprint density at radius 2 is 1.95 bits per heavy atom. The lowest BCUT2D eigenvalue weighted by atomic mass is 10.1. The summed E-state index contributed by atoms with van der Waals surface area (Å²) >= 11 is 0. The van der Waals surface area contributed by atoms with Crippen LogP contribution in [0.25, 0.3) is 0 Å². The standard InChI is InChI=1S/C28H34N6O3/c1-21-7-5-10-24(11-12-25(33-32-21)23-13-16-29-17-14-23)31-27(35)26-19-34(18-6-15-30-26)28(36)37-20-22-8-3-2-4-9-22/h2-5,7-9,11,13-14,16-17,21,26,30,32H,6,10,12,15,18-20H2,1H3,(H,31,35)/b7-5-,24-11+,33-25+. The zero-order valence-corrected chi connectivity index (χ0v) is 21.1. The minimum atomic E-state index is -0.541. The molecule has 0 saturated carbocycles. The number of amides is 2. The van der Waals surface area contributed by atoms with Gasteiger partial charge in [0.15, 0.2) is 0 Å².